The minimum absolute atomic E-state index is 0.0301. The number of ketones is 1. The molecule has 3 nitrogen and oxygen atoms in total. The zero-order valence-electron chi connectivity index (χ0n) is 12.4. The summed E-state index contributed by atoms with van der Waals surface area (Å²) in [5.41, 5.74) is 2.06. The van der Waals surface area contributed by atoms with E-state index in [2.05, 4.69) is 19.2 Å². The number of carbonyl (C=O) groups excluding carboxylic acids is 2. The van der Waals surface area contributed by atoms with Crippen molar-refractivity contribution < 1.29 is 14.0 Å². The molecule has 4 heteroatoms. The Morgan fingerprint density at radius 1 is 1.24 bits per heavy atom. The van der Waals surface area contributed by atoms with Crippen molar-refractivity contribution in [1.82, 2.24) is 5.32 Å². The highest BCUT2D eigenvalue weighted by Gasteiger charge is 2.64. The highest BCUT2D eigenvalue weighted by atomic mass is 19.1. The summed E-state index contributed by atoms with van der Waals surface area (Å²) in [7, 11) is 0. The molecule has 3 rings (SSSR count). The fourth-order valence-corrected chi connectivity index (χ4v) is 3.58. The van der Waals surface area contributed by atoms with Crippen LogP contribution in [0.15, 0.2) is 35.5 Å². The predicted octanol–water partition coefficient (Wildman–Crippen LogP) is 3.07. The van der Waals surface area contributed by atoms with E-state index in [1.54, 1.807) is 6.92 Å². The molecule has 0 aromatic heterocycles. The average molecular weight is 287 g/mol. The Bertz CT molecular complexity index is 658. The Morgan fingerprint density at radius 2 is 1.86 bits per heavy atom. The quantitative estimate of drug-likeness (QED) is 0.928. The maximum atomic E-state index is 12.9. The van der Waals surface area contributed by atoms with Crippen molar-refractivity contribution in [1.29, 1.82) is 0 Å². The molecular weight excluding hydrogens is 269 g/mol. The van der Waals surface area contributed by atoms with Crippen LogP contribution in [0.4, 0.5) is 4.39 Å². The van der Waals surface area contributed by atoms with Gasteiger partial charge in [0.25, 0.3) is 5.91 Å². The summed E-state index contributed by atoms with van der Waals surface area (Å²) in [5.74, 6) is 0.0721. The number of fused-ring (bicyclic) bond motifs is 1. The molecule has 2 aliphatic rings. The molecule has 0 saturated heterocycles. The Hall–Kier alpha value is -1.97. The number of hydrogen-bond acceptors (Lipinski definition) is 2. The second kappa shape index (κ2) is 4.52. The van der Waals surface area contributed by atoms with E-state index < -0.39 is 0 Å². The first-order valence-corrected chi connectivity index (χ1v) is 7.13. The van der Waals surface area contributed by atoms with Crippen LogP contribution in [0, 0.1) is 23.1 Å². The number of nitrogens with one attached hydrogen (secondary N) is 1. The Balaban J connectivity index is 1.82. The zero-order valence-corrected chi connectivity index (χ0v) is 12.4. The van der Waals surface area contributed by atoms with Gasteiger partial charge in [-0.25, -0.2) is 4.39 Å². The predicted molar refractivity (Wildman–Crippen MR) is 77.0 cm³/mol. The standard InChI is InChI=1S/C17H18FNO2/c1-9(20)14-13(8-12-15(14)17(12,2)3)19-16(21)10-4-6-11(18)7-5-10/h4-7,12,15H,8H2,1-3H3,(H,19,21)/t12-,15-/m1/s1. The molecule has 110 valence electrons. The lowest BCUT2D eigenvalue weighted by atomic mass is 9.96. The molecule has 0 spiro atoms. The number of amides is 1. The molecule has 1 N–H and O–H groups in total. The molecule has 2 atom stereocenters. The van der Waals surface area contributed by atoms with Gasteiger partial charge in [-0.05, 0) is 54.9 Å². The van der Waals surface area contributed by atoms with Crippen LogP contribution in [0.25, 0.3) is 0 Å². The van der Waals surface area contributed by atoms with Crippen molar-refractivity contribution in [2.75, 3.05) is 0 Å². The first-order valence-electron chi connectivity index (χ1n) is 7.13. The van der Waals surface area contributed by atoms with Gasteiger partial charge >= 0.3 is 0 Å². The molecule has 2 aliphatic carbocycles. The molecule has 1 fully saturated rings. The molecule has 21 heavy (non-hydrogen) atoms. The Labute approximate surface area is 123 Å². The first kappa shape index (κ1) is 14.0. The molecule has 0 heterocycles. The molecule has 0 bridgehead atoms. The van der Waals surface area contributed by atoms with Gasteiger partial charge in [0.15, 0.2) is 5.78 Å². The van der Waals surface area contributed by atoms with Crippen molar-refractivity contribution in [2.45, 2.75) is 27.2 Å². The Kier molecular flexibility index (Phi) is 3.01. The molecule has 1 amide bonds. The van der Waals surface area contributed by atoms with E-state index in [0.29, 0.717) is 11.5 Å². The fraction of sp³-hybridized carbons (Fsp3) is 0.412. The monoisotopic (exact) mass is 287 g/mol. The van der Waals surface area contributed by atoms with E-state index in [4.69, 9.17) is 0 Å². The van der Waals surface area contributed by atoms with Crippen molar-refractivity contribution >= 4 is 11.7 Å². The molecule has 0 unspecified atom stereocenters. The largest absolute Gasteiger partial charge is 0.325 e. The molecule has 1 aromatic carbocycles. The van der Waals surface area contributed by atoms with E-state index in [0.717, 1.165) is 17.7 Å². The van der Waals surface area contributed by atoms with Crippen LogP contribution in [0.5, 0.6) is 0 Å². The lowest BCUT2D eigenvalue weighted by molar-refractivity contribution is -0.114. The third-order valence-electron chi connectivity index (χ3n) is 4.86. The summed E-state index contributed by atoms with van der Waals surface area (Å²) in [4.78, 5) is 24.1. The lowest BCUT2D eigenvalue weighted by Crippen LogP contribution is -2.25. The number of rotatable bonds is 3. The van der Waals surface area contributed by atoms with E-state index in [-0.39, 0.29) is 28.8 Å². The molecule has 0 radical (unpaired) electrons. The van der Waals surface area contributed by atoms with Gasteiger partial charge in [0, 0.05) is 16.8 Å². The Morgan fingerprint density at radius 3 is 2.43 bits per heavy atom. The van der Waals surface area contributed by atoms with Crippen LogP contribution in [-0.4, -0.2) is 11.7 Å². The first-order chi connectivity index (χ1) is 9.82. The van der Waals surface area contributed by atoms with Crippen LogP contribution in [0.1, 0.15) is 37.6 Å². The van der Waals surface area contributed by atoms with Gasteiger partial charge < -0.3 is 5.32 Å². The number of benzene rings is 1. The number of Topliss-reactive ketones (excluding diaryl/α,β-unsaturated/α-hetero) is 1. The lowest BCUT2D eigenvalue weighted by Gasteiger charge is -2.15. The van der Waals surface area contributed by atoms with Crippen LogP contribution in [-0.2, 0) is 4.79 Å². The maximum Gasteiger partial charge on any atom is 0.255 e. The molecule has 1 aromatic rings. The van der Waals surface area contributed by atoms with Crippen molar-refractivity contribution in [2.24, 2.45) is 17.3 Å². The van der Waals surface area contributed by atoms with Crippen molar-refractivity contribution in [3.8, 4) is 0 Å². The van der Waals surface area contributed by atoms with Crippen molar-refractivity contribution in [3.63, 3.8) is 0 Å². The van der Waals surface area contributed by atoms with Gasteiger partial charge in [-0.1, -0.05) is 13.8 Å². The number of allylic oxidation sites excluding steroid dienone is 2. The minimum Gasteiger partial charge on any atom is -0.325 e. The maximum absolute atomic E-state index is 12.9. The van der Waals surface area contributed by atoms with Crippen molar-refractivity contribution in [3.05, 3.63) is 46.9 Å². The minimum atomic E-state index is -0.376. The third kappa shape index (κ3) is 2.19. The van der Waals surface area contributed by atoms with Gasteiger partial charge in [-0.3, -0.25) is 9.59 Å². The smallest absolute Gasteiger partial charge is 0.255 e. The highest BCUT2D eigenvalue weighted by Crippen LogP contribution is 2.68. The second-order valence-corrected chi connectivity index (χ2v) is 6.52. The molecular formula is C17H18FNO2. The van der Waals surface area contributed by atoms with Gasteiger partial charge in [0.1, 0.15) is 5.82 Å². The van der Waals surface area contributed by atoms with Gasteiger partial charge in [-0.2, -0.15) is 0 Å². The number of carbonyl (C=O) groups is 2. The summed E-state index contributed by atoms with van der Waals surface area (Å²) in [6.45, 7) is 5.86. The summed E-state index contributed by atoms with van der Waals surface area (Å²) < 4.78 is 12.9. The van der Waals surface area contributed by atoms with Crippen LogP contribution >= 0.6 is 0 Å². The van der Waals surface area contributed by atoms with E-state index in [1.165, 1.54) is 24.3 Å². The van der Waals surface area contributed by atoms with Gasteiger partial charge in [0.2, 0.25) is 0 Å². The van der Waals surface area contributed by atoms with Crippen LogP contribution in [0.3, 0.4) is 0 Å². The van der Waals surface area contributed by atoms with E-state index in [9.17, 15) is 14.0 Å². The summed E-state index contributed by atoms with van der Waals surface area (Å²) in [6, 6.07) is 5.39. The van der Waals surface area contributed by atoms with E-state index in [1.807, 2.05) is 0 Å². The summed E-state index contributed by atoms with van der Waals surface area (Å²) in [6.07, 6.45) is 0.736. The number of hydrogen-bond donors (Lipinski definition) is 1. The number of halogens is 1. The van der Waals surface area contributed by atoms with E-state index >= 15 is 0 Å². The topological polar surface area (TPSA) is 46.2 Å². The third-order valence-corrected chi connectivity index (χ3v) is 4.86. The molecule has 1 saturated carbocycles. The van der Waals surface area contributed by atoms with Gasteiger partial charge in [0.05, 0.1) is 0 Å². The fourth-order valence-electron chi connectivity index (χ4n) is 3.58. The molecule has 0 aliphatic heterocycles. The average Bonchev–Trinajstić information content (AvgIpc) is 2.78. The highest BCUT2D eigenvalue weighted by molar-refractivity contribution is 6.00. The normalized spacial score (nSPS) is 25.5. The van der Waals surface area contributed by atoms with Gasteiger partial charge in [-0.15, -0.1) is 0 Å². The summed E-state index contributed by atoms with van der Waals surface area (Å²) in [5, 5.41) is 2.84. The second-order valence-electron chi connectivity index (χ2n) is 6.52. The SMILES string of the molecule is CC(=O)C1=C(NC(=O)c2ccc(F)cc2)C[C@@H]2[C@H]1C2(C)C. The van der Waals surface area contributed by atoms with Crippen LogP contribution < -0.4 is 5.32 Å². The van der Waals surface area contributed by atoms with Crippen LogP contribution in [0.2, 0.25) is 0 Å². The summed E-state index contributed by atoms with van der Waals surface area (Å²) >= 11 is 0. The zero-order chi connectivity index (χ0) is 15.4.